The van der Waals surface area contributed by atoms with E-state index in [2.05, 4.69) is 20.2 Å². The first-order valence-corrected chi connectivity index (χ1v) is 4.91. The predicted molar refractivity (Wildman–Crippen MR) is 58.1 cm³/mol. The van der Waals surface area contributed by atoms with E-state index in [1.54, 1.807) is 24.3 Å². The second-order valence-corrected chi connectivity index (χ2v) is 3.15. The zero-order valence-corrected chi connectivity index (χ0v) is 8.79. The Morgan fingerprint density at radius 3 is 2.69 bits per heavy atom. The van der Waals surface area contributed by atoms with Crippen LogP contribution in [0.2, 0.25) is 0 Å². The van der Waals surface area contributed by atoms with E-state index in [4.69, 9.17) is 21.7 Å². The van der Waals surface area contributed by atoms with Gasteiger partial charge in [-0.05, 0) is 5.53 Å². The van der Waals surface area contributed by atoms with Crippen LogP contribution >= 0.6 is 11.6 Å². The monoisotopic (exact) mass is 235 g/mol. The molecule has 0 aliphatic rings. The second kappa shape index (κ2) is 4.65. The van der Waals surface area contributed by atoms with Crippen molar-refractivity contribution in [1.82, 2.24) is 10.1 Å². The van der Waals surface area contributed by atoms with Crippen molar-refractivity contribution in [2.45, 2.75) is 5.88 Å². The molecule has 0 aliphatic carbocycles. The van der Waals surface area contributed by atoms with Gasteiger partial charge >= 0.3 is 0 Å². The topological polar surface area (TPSA) is 87.7 Å². The molecule has 7 heteroatoms. The Labute approximate surface area is 95.5 Å². The maximum Gasteiger partial charge on any atom is 0.241 e. The van der Waals surface area contributed by atoms with Crippen molar-refractivity contribution in [3.8, 4) is 11.4 Å². The summed E-state index contributed by atoms with van der Waals surface area (Å²) < 4.78 is 4.87. The lowest BCUT2D eigenvalue weighted by molar-refractivity contribution is 0.391. The Balaban J connectivity index is 2.30. The Bertz CT molecular complexity index is 529. The van der Waals surface area contributed by atoms with Gasteiger partial charge in [0.25, 0.3) is 0 Å². The highest BCUT2D eigenvalue weighted by Crippen LogP contribution is 2.20. The number of aromatic nitrogens is 2. The summed E-state index contributed by atoms with van der Waals surface area (Å²) >= 11 is 5.54. The molecule has 0 aliphatic heterocycles. The summed E-state index contributed by atoms with van der Waals surface area (Å²) in [5, 5.41) is 7.22. The van der Waals surface area contributed by atoms with Gasteiger partial charge in [0.1, 0.15) is 5.88 Å². The normalized spacial score (nSPS) is 9.81. The number of alkyl halides is 1. The molecular weight excluding hydrogens is 230 g/mol. The average molecular weight is 236 g/mol. The highest BCUT2D eigenvalue weighted by Gasteiger charge is 2.06. The number of azide groups is 1. The second-order valence-electron chi connectivity index (χ2n) is 2.88. The van der Waals surface area contributed by atoms with E-state index in [1.165, 1.54) is 0 Å². The molecule has 0 saturated carbocycles. The molecule has 0 radical (unpaired) electrons. The molecule has 1 heterocycles. The molecule has 2 aromatic rings. The first-order valence-electron chi connectivity index (χ1n) is 4.37. The highest BCUT2D eigenvalue weighted by atomic mass is 35.5. The van der Waals surface area contributed by atoms with Gasteiger partial charge in [-0.25, -0.2) is 0 Å². The smallest absolute Gasteiger partial charge is 0.241 e. The Hall–Kier alpha value is -2.04. The van der Waals surface area contributed by atoms with Crippen molar-refractivity contribution in [1.29, 1.82) is 0 Å². The van der Waals surface area contributed by atoms with Crippen LogP contribution in [0.25, 0.3) is 21.8 Å². The minimum atomic E-state index is 0.184. The van der Waals surface area contributed by atoms with Crippen LogP contribution in [-0.4, -0.2) is 10.1 Å². The number of rotatable bonds is 3. The van der Waals surface area contributed by atoms with E-state index in [-0.39, 0.29) is 5.88 Å². The molecule has 0 saturated heterocycles. The third-order valence-electron chi connectivity index (χ3n) is 1.87. The van der Waals surface area contributed by atoms with Crippen LogP contribution in [0.4, 0.5) is 5.69 Å². The van der Waals surface area contributed by atoms with Crippen LogP contribution in [0.3, 0.4) is 0 Å². The van der Waals surface area contributed by atoms with E-state index >= 15 is 0 Å². The quantitative estimate of drug-likeness (QED) is 0.353. The van der Waals surface area contributed by atoms with Crippen LogP contribution in [0, 0.1) is 0 Å². The summed E-state index contributed by atoms with van der Waals surface area (Å²) in [6, 6.07) is 6.83. The lowest BCUT2D eigenvalue weighted by atomic mass is 10.2. The van der Waals surface area contributed by atoms with Gasteiger partial charge in [0.15, 0.2) is 0 Å². The van der Waals surface area contributed by atoms with Crippen molar-refractivity contribution in [2.24, 2.45) is 5.11 Å². The molecule has 0 bridgehead atoms. The number of hydrogen-bond acceptors (Lipinski definition) is 4. The summed E-state index contributed by atoms with van der Waals surface area (Å²) in [4.78, 5) is 6.74. The van der Waals surface area contributed by atoms with Crippen LogP contribution in [0.5, 0.6) is 0 Å². The van der Waals surface area contributed by atoms with Gasteiger partial charge in [0.05, 0.1) is 0 Å². The molecule has 0 fully saturated rings. The van der Waals surface area contributed by atoms with Crippen molar-refractivity contribution in [3.05, 3.63) is 40.6 Å². The number of hydrogen-bond donors (Lipinski definition) is 0. The fourth-order valence-corrected chi connectivity index (χ4v) is 1.26. The van der Waals surface area contributed by atoms with Gasteiger partial charge in [0.2, 0.25) is 11.7 Å². The molecule has 16 heavy (non-hydrogen) atoms. The number of benzene rings is 1. The third-order valence-corrected chi connectivity index (χ3v) is 2.10. The van der Waals surface area contributed by atoms with Crippen molar-refractivity contribution in [2.75, 3.05) is 0 Å². The Kier molecular flexibility index (Phi) is 3.05. The fraction of sp³-hybridized carbons (Fsp3) is 0.111. The molecule has 0 unspecified atom stereocenters. The SMILES string of the molecule is [N-]=[N+]=Nc1ccc(-c2noc(CCl)n2)cc1. The fourth-order valence-electron chi connectivity index (χ4n) is 1.16. The molecular formula is C9H6ClN5O. The van der Waals surface area contributed by atoms with E-state index in [0.717, 1.165) is 5.56 Å². The molecule has 0 N–H and O–H groups in total. The average Bonchev–Trinajstić information content (AvgIpc) is 2.79. The molecule has 0 atom stereocenters. The lowest BCUT2D eigenvalue weighted by Gasteiger charge is -1.94. The predicted octanol–water partition coefficient (Wildman–Crippen LogP) is 3.42. The van der Waals surface area contributed by atoms with E-state index in [1.807, 2.05) is 0 Å². The van der Waals surface area contributed by atoms with Gasteiger partial charge in [-0.1, -0.05) is 34.5 Å². The molecule has 1 aromatic heterocycles. The summed E-state index contributed by atoms with van der Waals surface area (Å²) in [5.41, 5.74) is 9.55. The van der Waals surface area contributed by atoms with Gasteiger partial charge in [-0.15, -0.1) is 11.6 Å². The zero-order valence-electron chi connectivity index (χ0n) is 8.04. The summed E-state index contributed by atoms with van der Waals surface area (Å²) in [6.07, 6.45) is 0. The molecule has 0 spiro atoms. The molecule has 80 valence electrons. The molecule has 6 nitrogen and oxygen atoms in total. The minimum absolute atomic E-state index is 0.184. The summed E-state index contributed by atoms with van der Waals surface area (Å²) in [7, 11) is 0. The van der Waals surface area contributed by atoms with Crippen LogP contribution < -0.4 is 0 Å². The Morgan fingerprint density at radius 1 is 1.38 bits per heavy atom. The summed E-state index contributed by atoms with van der Waals surface area (Å²) in [5.74, 6) is 1.02. The first kappa shape index (κ1) is 10.5. The maximum atomic E-state index is 8.25. The van der Waals surface area contributed by atoms with E-state index in [9.17, 15) is 0 Å². The van der Waals surface area contributed by atoms with E-state index < -0.39 is 0 Å². The largest absolute Gasteiger partial charge is 0.338 e. The van der Waals surface area contributed by atoms with E-state index in [0.29, 0.717) is 17.4 Å². The zero-order chi connectivity index (χ0) is 11.4. The number of halogens is 1. The number of nitrogens with zero attached hydrogens (tertiary/aromatic N) is 5. The standard InChI is InChI=1S/C9H6ClN5O/c10-5-8-12-9(14-16-8)6-1-3-7(4-2-6)13-15-11/h1-4H,5H2. The van der Waals surface area contributed by atoms with Crippen molar-refractivity contribution >= 4 is 17.3 Å². The van der Waals surface area contributed by atoms with Crippen molar-refractivity contribution < 1.29 is 4.52 Å². The molecule has 2 rings (SSSR count). The van der Waals surface area contributed by atoms with Gasteiger partial charge < -0.3 is 4.52 Å². The van der Waals surface area contributed by atoms with Crippen LogP contribution in [0.1, 0.15) is 5.89 Å². The minimum Gasteiger partial charge on any atom is -0.338 e. The van der Waals surface area contributed by atoms with Gasteiger partial charge in [-0.3, -0.25) is 0 Å². The van der Waals surface area contributed by atoms with Gasteiger partial charge in [0, 0.05) is 16.2 Å². The maximum absolute atomic E-state index is 8.25. The first-order chi connectivity index (χ1) is 7.83. The van der Waals surface area contributed by atoms with Crippen LogP contribution in [0.15, 0.2) is 33.9 Å². The van der Waals surface area contributed by atoms with Crippen LogP contribution in [-0.2, 0) is 5.88 Å². The molecule has 0 amide bonds. The summed E-state index contributed by atoms with van der Waals surface area (Å²) in [6.45, 7) is 0. The van der Waals surface area contributed by atoms with Gasteiger partial charge in [-0.2, -0.15) is 4.98 Å². The lowest BCUT2D eigenvalue weighted by Crippen LogP contribution is -1.80. The van der Waals surface area contributed by atoms with Crippen molar-refractivity contribution in [3.63, 3.8) is 0 Å². The third kappa shape index (κ3) is 2.13. The Morgan fingerprint density at radius 2 is 2.12 bits per heavy atom. The highest BCUT2D eigenvalue weighted by molar-refractivity contribution is 6.16. The molecule has 1 aromatic carbocycles.